The van der Waals surface area contributed by atoms with Gasteiger partial charge in [-0.3, -0.25) is 4.79 Å². The van der Waals surface area contributed by atoms with E-state index in [9.17, 15) is 9.90 Å². The van der Waals surface area contributed by atoms with Crippen molar-refractivity contribution in [2.24, 2.45) is 5.73 Å². The van der Waals surface area contributed by atoms with Crippen molar-refractivity contribution in [2.45, 2.75) is 25.8 Å². The fourth-order valence-corrected chi connectivity index (χ4v) is 2.10. The maximum atomic E-state index is 11.2. The Morgan fingerprint density at radius 1 is 1.61 bits per heavy atom. The van der Waals surface area contributed by atoms with E-state index >= 15 is 0 Å². The van der Waals surface area contributed by atoms with Crippen LogP contribution in [0.3, 0.4) is 0 Å². The van der Waals surface area contributed by atoms with E-state index in [1.54, 1.807) is 6.07 Å². The Morgan fingerprint density at radius 2 is 2.39 bits per heavy atom. The molecule has 1 amide bonds. The highest BCUT2D eigenvalue weighted by molar-refractivity contribution is 5.96. The molecule has 0 aliphatic carbocycles. The zero-order valence-electron chi connectivity index (χ0n) is 10.4. The molecule has 1 aromatic rings. The summed E-state index contributed by atoms with van der Waals surface area (Å²) in [4.78, 5) is 11.2. The van der Waals surface area contributed by atoms with Crippen molar-refractivity contribution in [3.63, 3.8) is 0 Å². The van der Waals surface area contributed by atoms with Gasteiger partial charge in [0.1, 0.15) is 18.1 Å². The van der Waals surface area contributed by atoms with Crippen LogP contribution < -0.4 is 15.8 Å². The van der Waals surface area contributed by atoms with Crippen LogP contribution in [0.1, 0.15) is 29.3 Å². The lowest BCUT2D eigenvalue weighted by Crippen LogP contribution is -2.39. The second-order valence-electron chi connectivity index (χ2n) is 4.51. The Kier molecular flexibility index (Phi) is 3.72. The van der Waals surface area contributed by atoms with Crippen LogP contribution in [0.25, 0.3) is 0 Å². The standard InChI is InChI=1S/C13H18N2O3/c1-2-3-15-9-4-8-5-10(13(14)17)11(16)6-12(8)18-7-9/h5-6,9,15-16H,2-4,7H2,1H3,(H2,14,17)/t9-/m0/s1. The number of ether oxygens (including phenoxy) is 1. The monoisotopic (exact) mass is 250 g/mol. The summed E-state index contributed by atoms with van der Waals surface area (Å²) in [6.45, 7) is 3.61. The fraction of sp³-hybridized carbons (Fsp3) is 0.462. The van der Waals surface area contributed by atoms with Gasteiger partial charge in [0.15, 0.2) is 0 Å². The van der Waals surface area contributed by atoms with Gasteiger partial charge < -0.3 is 20.9 Å². The highest BCUT2D eigenvalue weighted by atomic mass is 16.5. The minimum absolute atomic E-state index is 0.124. The fourth-order valence-electron chi connectivity index (χ4n) is 2.10. The quantitative estimate of drug-likeness (QED) is 0.737. The largest absolute Gasteiger partial charge is 0.507 e. The number of carbonyl (C=O) groups is 1. The Balaban J connectivity index is 2.20. The Hall–Kier alpha value is -1.75. The van der Waals surface area contributed by atoms with Crippen LogP contribution in [0.5, 0.6) is 11.5 Å². The van der Waals surface area contributed by atoms with E-state index in [2.05, 4.69) is 12.2 Å². The topological polar surface area (TPSA) is 84.6 Å². The van der Waals surface area contributed by atoms with E-state index in [0.29, 0.717) is 12.4 Å². The summed E-state index contributed by atoms with van der Waals surface area (Å²) in [5.74, 6) is -0.118. The zero-order valence-corrected chi connectivity index (χ0v) is 10.4. The van der Waals surface area contributed by atoms with Gasteiger partial charge in [0.2, 0.25) is 0 Å². The van der Waals surface area contributed by atoms with Crippen LogP contribution in [-0.4, -0.2) is 30.2 Å². The summed E-state index contributed by atoms with van der Waals surface area (Å²) in [6, 6.07) is 3.32. The molecule has 5 nitrogen and oxygen atoms in total. The molecule has 0 bridgehead atoms. The minimum atomic E-state index is -0.626. The number of hydrogen-bond acceptors (Lipinski definition) is 4. The van der Waals surface area contributed by atoms with Gasteiger partial charge >= 0.3 is 0 Å². The number of nitrogens with one attached hydrogen (secondary N) is 1. The smallest absolute Gasteiger partial charge is 0.252 e. The Labute approximate surface area is 106 Å². The third kappa shape index (κ3) is 2.56. The molecular formula is C13H18N2O3. The van der Waals surface area contributed by atoms with Crippen LogP contribution in [-0.2, 0) is 6.42 Å². The molecular weight excluding hydrogens is 232 g/mol. The van der Waals surface area contributed by atoms with Crippen molar-refractivity contribution in [3.8, 4) is 11.5 Å². The van der Waals surface area contributed by atoms with Crippen molar-refractivity contribution in [1.29, 1.82) is 0 Å². The summed E-state index contributed by atoms with van der Waals surface area (Å²) < 4.78 is 5.57. The highest BCUT2D eigenvalue weighted by Crippen LogP contribution is 2.31. The van der Waals surface area contributed by atoms with Gasteiger partial charge in [0, 0.05) is 12.1 Å². The van der Waals surface area contributed by atoms with Gasteiger partial charge in [-0.2, -0.15) is 0 Å². The second-order valence-corrected chi connectivity index (χ2v) is 4.51. The molecule has 0 unspecified atom stereocenters. The number of carbonyl (C=O) groups excluding carboxylic acids is 1. The van der Waals surface area contributed by atoms with E-state index in [1.165, 1.54) is 6.07 Å². The first-order chi connectivity index (χ1) is 8.61. The molecule has 0 radical (unpaired) electrons. The predicted octanol–water partition coefficient (Wildman–Crippen LogP) is 0.794. The van der Waals surface area contributed by atoms with Crippen molar-refractivity contribution in [2.75, 3.05) is 13.2 Å². The van der Waals surface area contributed by atoms with E-state index in [1.807, 2.05) is 0 Å². The molecule has 98 valence electrons. The van der Waals surface area contributed by atoms with Crippen LogP contribution in [0.4, 0.5) is 0 Å². The molecule has 0 saturated heterocycles. The number of aromatic hydroxyl groups is 1. The minimum Gasteiger partial charge on any atom is -0.507 e. The number of benzene rings is 1. The molecule has 0 spiro atoms. The molecule has 0 fully saturated rings. The van der Waals surface area contributed by atoms with Crippen molar-refractivity contribution in [3.05, 3.63) is 23.3 Å². The molecule has 1 aromatic carbocycles. The molecule has 0 saturated carbocycles. The number of hydrogen-bond donors (Lipinski definition) is 3. The van der Waals surface area contributed by atoms with Crippen molar-refractivity contribution < 1.29 is 14.6 Å². The van der Waals surface area contributed by atoms with Crippen molar-refractivity contribution in [1.82, 2.24) is 5.32 Å². The van der Waals surface area contributed by atoms with Gasteiger partial charge in [0.05, 0.1) is 5.56 Å². The molecule has 1 atom stereocenters. The van der Waals surface area contributed by atoms with E-state index in [0.717, 1.165) is 24.9 Å². The number of primary amides is 1. The van der Waals surface area contributed by atoms with Gasteiger partial charge in [-0.1, -0.05) is 6.92 Å². The first-order valence-corrected chi connectivity index (χ1v) is 6.13. The zero-order chi connectivity index (χ0) is 13.1. The number of amides is 1. The van der Waals surface area contributed by atoms with Crippen LogP contribution in [0.15, 0.2) is 12.1 Å². The average Bonchev–Trinajstić information content (AvgIpc) is 2.35. The summed E-state index contributed by atoms with van der Waals surface area (Å²) in [5, 5.41) is 13.0. The van der Waals surface area contributed by atoms with Crippen molar-refractivity contribution >= 4 is 5.91 Å². The molecule has 18 heavy (non-hydrogen) atoms. The third-order valence-corrected chi connectivity index (χ3v) is 3.03. The number of nitrogens with two attached hydrogens (primary N) is 1. The third-order valence-electron chi connectivity index (χ3n) is 3.03. The van der Waals surface area contributed by atoms with Crippen LogP contribution >= 0.6 is 0 Å². The maximum Gasteiger partial charge on any atom is 0.252 e. The Morgan fingerprint density at radius 3 is 3.06 bits per heavy atom. The van der Waals surface area contributed by atoms with Gasteiger partial charge in [-0.15, -0.1) is 0 Å². The number of fused-ring (bicyclic) bond motifs is 1. The van der Waals surface area contributed by atoms with E-state index in [4.69, 9.17) is 10.5 Å². The summed E-state index contributed by atoms with van der Waals surface area (Å²) in [5.41, 5.74) is 6.26. The van der Waals surface area contributed by atoms with Gasteiger partial charge in [-0.05, 0) is 31.0 Å². The first-order valence-electron chi connectivity index (χ1n) is 6.13. The number of rotatable bonds is 4. The lowest BCUT2D eigenvalue weighted by Gasteiger charge is -2.26. The molecule has 0 aromatic heterocycles. The summed E-state index contributed by atoms with van der Waals surface area (Å²) in [6.07, 6.45) is 1.83. The molecule has 5 heteroatoms. The molecule has 1 aliphatic heterocycles. The molecule has 4 N–H and O–H groups in total. The maximum absolute atomic E-state index is 11.2. The van der Waals surface area contributed by atoms with E-state index < -0.39 is 5.91 Å². The number of phenols is 1. The second kappa shape index (κ2) is 5.27. The van der Waals surface area contributed by atoms with Crippen LogP contribution in [0, 0.1) is 0 Å². The first kappa shape index (κ1) is 12.7. The SMILES string of the molecule is CCCN[C@@H]1COc2cc(O)c(C(N)=O)cc2C1. The molecule has 1 heterocycles. The highest BCUT2D eigenvalue weighted by Gasteiger charge is 2.22. The molecule has 2 rings (SSSR count). The molecule has 1 aliphatic rings. The van der Waals surface area contributed by atoms with Gasteiger partial charge in [0.25, 0.3) is 5.91 Å². The Bertz CT molecular complexity index is 460. The van der Waals surface area contributed by atoms with E-state index in [-0.39, 0.29) is 17.4 Å². The van der Waals surface area contributed by atoms with Gasteiger partial charge in [-0.25, -0.2) is 0 Å². The van der Waals surface area contributed by atoms with Crippen LogP contribution in [0.2, 0.25) is 0 Å². The lowest BCUT2D eigenvalue weighted by molar-refractivity contribution is 0.0997. The normalized spacial score (nSPS) is 17.9. The lowest BCUT2D eigenvalue weighted by atomic mass is 9.99. The predicted molar refractivity (Wildman–Crippen MR) is 67.9 cm³/mol. The average molecular weight is 250 g/mol. The summed E-state index contributed by atoms with van der Waals surface area (Å²) in [7, 11) is 0. The summed E-state index contributed by atoms with van der Waals surface area (Å²) >= 11 is 0.